The number of carbonyl (C=O) groups is 1. The van der Waals surface area contributed by atoms with E-state index in [1.165, 1.54) is 0 Å². The van der Waals surface area contributed by atoms with Gasteiger partial charge in [0.1, 0.15) is 6.29 Å². The molecule has 1 atom stereocenters. The second kappa shape index (κ2) is 5.40. The predicted molar refractivity (Wildman–Crippen MR) is 54.8 cm³/mol. The van der Waals surface area contributed by atoms with Crippen molar-refractivity contribution in [2.45, 2.75) is 19.8 Å². The van der Waals surface area contributed by atoms with Crippen molar-refractivity contribution in [2.75, 3.05) is 19.6 Å². The van der Waals surface area contributed by atoms with Crippen LogP contribution in [0.15, 0.2) is 11.1 Å². The topological polar surface area (TPSA) is 20.3 Å². The lowest BCUT2D eigenvalue weighted by Gasteiger charge is -2.30. The molecule has 0 spiro atoms. The third-order valence-corrected chi connectivity index (χ3v) is 2.77. The van der Waals surface area contributed by atoms with Gasteiger partial charge in [0.25, 0.3) is 0 Å². The lowest BCUT2D eigenvalue weighted by atomic mass is 9.99. The van der Waals surface area contributed by atoms with E-state index < -0.39 is 0 Å². The first kappa shape index (κ1) is 10.7. The molecule has 0 saturated carbocycles. The van der Waals surface area contributed by atoms with Crippen molar-refractivity contribution in [3.8, 4) is 0 Å². The lowest BCUT2D eigenvalue weighted by Crippen LogP contribution is -2.36. The number of halogens is 1. The first-order valence-electron chi connectivity index (χ1n) is 4.69. The Hall–Kier alpha value is -0.340. The van der Waals surface area contributed by atoms with Crippen molar-refractivity contribution in [3.05, 3.63) is 11.1 Å². The molecular formula is C10H16ClNO. The molecule has 13 heavy (non-hydrogen) atoms. The number of hydrogen-bond donors (Lipinski definition) is 0. The molecule has 0 aromatic carbocycles. The number of carbonyl (C=O) groups excluding carboxylic acids is 1. The third-order valence-electron chi connectivity index (χ3n) is 2.39. The van der Waals surface area contributed by atoms with Crippen LogP contribution < -0.4 is 0 Å². The van der Waals surface area contributed by atoms with Crippen LogP contribution >= 0.6 is 11.6 Å². The highest BCUT2D eigenvalue weighted by atomic mass is 35.5. The van der Waals surface area contributed by atoms with Gasteiger partial charge >= 0.3 is 0 Å². The molecule has 0 radical (unpaired) electrons. The summed E-state index contributed by atoms with van der Waals surface area (Å²) in [5.41, 5.74) is 2.78. The van der Waals surface area contributed by atoms with Crippen molar-refractivity contribution in [3.63, 3.8) is 0 Å². The van der Waals surface area contributed by atoms with Gasteiger partial charge in [0.2, 0.25) is 0 Å². The van der Waals surface area contributed by atoms with Gasteiger partial charge in [-0.1, -0.05) is 11.6 Å². The van der Waals surface area contributed by atoms with Crippen molar-refractivity contribution in [1.82, 2.24) is 4.90 Å². The molecule has 74 valence electrons. The fourth-order valence-corrected chi connectivity index (χ4v) is 1.80. The smallest absolute Gasteiger partial charge is 0.124 e. The van der Waals surface area contributed by atoms with E-state index in [0.29, 0.717) is 0 Å². The van der Waals surface area contributed by atoms with Crippen LogP contribution in [0.4, 0.5) is 0 Å². The molecule has 0 aromatic rings. The van der Waals surface area contributed by atoms with Crippen LogP contribution in [0.2, 0.25) is 0 Å². The van der Waals surface area contributed by atoms with Gasteiger partial charge in [-0.2, -0.15) is 0 Å². The SMILES string of the molecule is CC(=CCl)CN1CCCC(C=O)C1. The molecule has 0 amide bonds. The molecule has 1 unspecified atom stereocenters. The van der Waals surface area contributed by atoms with Gasteiger partial charge < -0.3 is 4.79 Å². The van der Waals surface area contributed by atoms with Gasteiger partial charge in [0.05, 0.1) is 0 Å². The highest BCUT2D eigenvalue weighted by Gasteiger charge is 2.18. The summed E-state index contributed by atoms with van der Waals surface area (Å²) in [6.07, 6.45) is 3.24. The third kappa shape index (κ3) is 3.49. The van der Waals surface area contributed by atoms with E-state index in [4.69, 9.17) is 11.6 Å². The molecule has 3 heteroatoms. The van der Waals surface area contributed by atoms with Crippen LogP contribution in [0.5, 0.6) is 0 Å². The van der Waals surface area contributed by atoms with Gasteiger partial charge in [0, 0.05) is 24.5 Å². The molecule has 0 aliphatic carbocycles. The summed E-state index contributed by atoms with van der Waals surface area (Å²) >= 11 is 5.58. The van der Waals surface area contributed by atoms with Crippen molar-refractivity contribution in [1.29, 1.82) is 0 Å². The van der Waals surface area contributed by atoms with E-state index in [9.17, 15) is 4.79 Å². The number of piperidine rings is 1. The molecule has 1 aliphatic rings. The van der Waals surface area contributed by atoms with Crippen molar-refractivity contribution in [2.24, 2.45) is 5.92 Å². The van der Waals surface area contributed by atoms with Crippen molar-refractivity contribution >= 4 is 17.9 Å². The van der Waals surface area contributed by atoms with E-state index >= 15 is 0 Å². The summed E-state index contributed by atoms with van der Waals surface area (Å²) in [5, 5.41) is 0. The van der Waals surface area contributed by atoms with Gasteiger partial charge in [-0.25, -0.2) is 0 Å². The second-order valence-corrected chi connectivity index (χ2v) is 3.95. The zero-order chi connectivity index (χ0) is 9.68. The largest absolute Gasteiger partial charge is 0.303 e. The van der Waals surface area contributed by atoms with Crippen LogP contribution in [0.1, 0.15) is 19.8 Å². The Labute approximate surface area is 84.6 Å². The molecule has 1 rings (SSSR count). The summed E-state index contributed by atoms with van der Waals surface area (Å²) in [4.78, 5) is 12.9. The normalized spacial score (nSPS) is 26.0. The van der Waals surface area contributed by atoms with E-state index in [-0.39, 0.29) is 5.92 Å². The summed E-state index contributed by atoms with van der Waals surface area (Å²) < 4.78 is 0. The summed E-state index contributed by atoms with van der Waals surface area (Å²) in [6.45, 7) is 4.89. The Morgan fingerprint density at radius 3 is 3.08 bits per heavy atom. The lowest BCUT2D eigenvalue weighted by molar-refractivity contribution is -0.112. The van der Waals surface area contributed by atoms with Crippen molar-refractivity contribution < 1.29 is 4.79 Å². The zero-order valence-corrected chi connectivity index (χ0v) is 8.76. The quantitative estimate of drug-likeness (QED) is 0.652. The van der Waals surface area contributed by atoms with E-state index in [1.807, 2.05) is 6.92 Å². The Morgan fingerprint density at radius 1 is 1.69 bits per heavy atom. The molecule has 1 saturated heterocycles. The summed E-state index contributed by atoms with van der Waals surface area (Å²) in [5.74, 6) is 0.233. The first-order valence-corrected chi connectivity index (χ1v) is 5.13. The molecule has 0 bridgehead atoms. The van der Waals surface area contributed by atoms with E-state index in [1.54, 1.807) is 5.54 Å². The minimum Gasteiger partial charge on any atom is -0.303 e. The number of aldehydes is 1. The fourth-order valence-electron chi connectivity index (χ4n) is 1.73. The average Bonchev–Trinajstić information content (AvgIpc) is 2.18. The summed E-state index contributed by atoms with van der Waals surface area (Å²) in [6, 6.07) is 0. The Morgan fingerprint density at radius 2 is 2.46 bits per heavy atom. The molecule has 2 nitrogen and oxygen atoms in total. The number of likely N-dealkylation sites (tertiary alicyclic amines) is 1. The maximum Gasteiger partial charge on any atom is 0.124 e. The zero-order valence-electron chi connectivity index (χ0n) is 8.00. The number of hydrogen-bond acceptors (Lipinski definition) is 2. The Bertz CT molecular complexity index is 203. The highest BCUT2D eigenvalue weighted by molar-refractivity contribution is 6.25. The molecule has 1 aliphatic heterocycles. The maximum absolute atomic E-state index is 10.6. The van der Waals surface area contributed by atoms with Gasteiger partial charge in [0.15, 0.2) is 0 Å². The van der Waals surface area contributed by atoms with Crippen LogP contribution in [0.3, 0.4) is 0 Å². The molecule has 1 fully saturated rings. The van der Waals surface area contributed by atoms with Gasteiger partial charge in [-0.15, -0.1) is 0 Å². The van der Waals surface area contributed by atoms with E-state index in [2.05, 4.69) is 4.90 Å². The minimum atomic E-state index is 0.233. The second-order valence-electron chi connectivity index (χ2n) is 3.73. The average molecular weight is 202 g/mol. The first-order chi connectivity index (χ1) is 6.26. The van der Waals surface area contributed by atoms with Crippen LogP contribution in [-0.2, 0) is 4.79 Å². The Balaban J connectivity index is 2.38. The van der Waals surface area contributed by atoms with Crippen LogP contribution in [-0.4, -0.2) is 30.8 Å². The van der Waals surface area contributed by atoms with Gasteiger partial charge in [-0.3, -0.25) is 4.90 Å². The standard InChI is InChI=1S/C10H16ClNO/c1-9(5-11)6-12-4-2-3-10(7-12)8-13/h5,8,10H,2-4,6-7H2,1H3. The number of rotatable bonds is 3. The number of nitrogens with zero attached hydrogens (tertiary/aromatic N) is 1. The van der Waals surface area contributed by atoms with E-state index in [0.717, 1.165) is 44.3 Å². The molecular weight excluding hydrogens is 186 g/mol. The molecule has 0 N–H and O–H groups in total. The molecule has 1 heterocycles. The molecule has 0 aromatic heterocycles. The predicted octanol–water partition coefficient (Wildman–Crippen LogP) is 2.04. The summed E-state index contributed by atoms with van der Waals surface area (Å²) in [7, 11) is 0. The van der Waals surface area contributed by atoms with Gasteiger partial charge in [-0.05, 0) is 31.9 Å². The van der Waals surface area contributed by atoms with Crippen LogP contribution in [0.25, 0.3) is 0 Å². The maximum atomic E-state index is 10.6. The monoisotopic (exact) mass is 201 g/mol. The fraction of sp³-hybridized carbons (Fsp3) is 0.700. The highest BCUT2D eigenvalue weighted by Crippen LogP contribution is 2.15. The minimum absolute atomic E-state index is 0.233. The van der Waals surface area contributed by atoms with Crippen LogP contribution in [0, 0.1) is 5.92 Å². The Kier molecular flexibility index (Phi) is 4.46.